The Morgan fingerprint density at radius 3 is 2.46 bits per heavy atom. The second-order valence-corrected chi connectivity index (χ2v) is 7.66. The zero-order valence-corrected chi connectivity index (χ0v) is 15.5. The molecule has 144 valence electrons. The van der Waals surface area contributed by atoms with Gasteiger partial charge in [0.1, 0.15) is 5.82 Å². The predicted molar refractivity (Wildman–Crippen MR) is 107 cm³/mol. The first-order valence-electron chi connectivity index (χ1n) is 9.57. The summed E-state index contributed by atoms with van der Waals surface area (Å²) in [6.45, 7) is 0. The summed E-state index contributed by atoms with van der Waals surface area (Å²) in [5.41, 5.74) is 8.35. The summed E-state index contributed by atoms with van der Waals surface area (Å²) < 4.78 is 13.1. The van der Waals surface area contributed by atoms with Gasteiger partial charge in [-0.15, -0.1) is 0 Å². The predicted octanol–water partition coefficient (Wildman–Crippen LogP) is 3.90. The number of carbonyl (C=O) groups is 1. The highest BCUT2D eigenvalue weighted by atomic mass is 19.1. The summed E-state index contributed by atoms with van der Waals surface area (Å²) in [5, 5.41) is 11.1. The highest BCUT2D eigenvalue weighted by molar-refractivity contribution is 6.05. The number of pyridine rings is 1. The van der Waals surface area contributed by atoms with Crippen LogP contribution in [0.1, 0.15) is 43.4 Å². The van der Waals surface area contributed by atoms with Crippen LogP contribution in [0.5, 0.6) is 0 Å². The average Bonchev–Trinajstić information content (AvgIpc) is 3.48. The lowest BCUT2D eigenvalue weighted by atomic mass is 9.64. The van der Waals surface area contributed by atoms with Crippen molar-refractivity contribution >= 4 is 17.3 Å². The number of benzene rings is 1. The first-order valence-corrected chi connectivity index (χ1v) is 9.57. The van der Waals surface area contributed by atoms with Crippen molar-refractivity contribution < 1.29 is 9.18 Å². The first kappa shape index (κ1) is 18.3. The lowest BCUT2D eigenvalue weighted by Crippen LogP contribution is -2.46. The quantitative estimate of drug-likeness (QED) is 0.666. The van der Waals surface area contributed by atoms with E-state index in [1.807, 2.05) is 6.07 Å². The van der Waals surface area contributed by atoms with Gasteiger partial charge in [-0.3, -0.25) is 15.2 Å². The van der Waals surface area contributed by atoms with Crippen molar-refractivity contribution in [1.82, 2.24) is 4.98 Å². The summed E-state index contributed by atoms with van der Waals surface area (Å²) >= 11 is 0. The van der Waals surface area contributed by atoms with Crippen molar-refractivity contribution in [3.63, 3.8) is 0 Å². The maximum atomic E-state index is 13.1. The number of amides is 1. The van der Waals surface area contributed by atoms with Crippen molar-refractivity contribution in [2.45, 2.75) is 37.5 Å². The maximum Gasteiger partial charge on any atom is 0.235 e. The largest absolute Gasteiger partial charge is 0.402 e. The van der Waals surface area contributed by atoms with Gasteiger partial charge in [0.25, 0.3) is 0 Å². The number of nitrogens with two attached hydrogens (primary N) is 1. The Balaban J connectivity index is 1.51. The molecule has 0 bridgehead atoms. The molecule has 2 fully saturated rings. The third-order valence-electron chi connectivity index (χ3n) is 5.70. The summed E-state index contributed by atoms with van der Waals surface area (Å²) in [4.78, 5) is 17.4. The molecule has 2 saturated carbocycles. The monoisotopic (exact) mass is 378 g/mol. The van der Waals surface area contributed by atoms with Gasteiger partial charge < -0.3 is 11.1 Å². The number of allylic oxidation sites excluding steroid dienone is 2. The van der Waals surface area contributed by atoms with Crippen molar-refractivity contribution in [2.75, 3.05) is 5.32 Å². The van der Waals surface area contributed by atoms with Crippen LogP contribution in [0.15, 0.2) is 54.4 Å². The Hall–Kier alpha value is -3.02. The van der Waals surface area contributed by atoms with E-state index in [0.717, 1.165) is 43.4 Å². The normalized spacial score (nSPS) is 18.2. The van der Waals surface area contributed by atoms with Gasteiger partial charge in [0.05, 0.1) is 16.8 Å². The molecule has 1 aromatic heterocycles. The number of anilines is 1. The summed E-state index contributed by atoms with van der Waals surface area (Å²) in [7, 11) is 0. The fourth-order valence-electron chi connectivity index (χ4n) is 3.57. The molecule has 1 aromatic carbocycles. The highest BCUT2D eigenvalue weighted by Crippen LogP contribution is 2.44. The van der Waals surface area contributed by atoms with Crippen LogP contribution < -0.4 is 11.1 Å². The van der Waals surface area contributed by atoms with Crippen LogP contribution in [0.25, 0.3) is 0 Å². The number of nitrogens with zero attached hydrogens (tertiary/aromatic N) is 1. The van der Waals surface area contributed by atoms with E-state index in [4.69, 9.17) is 11.1 Å². The first-order chi connectivity index (χ1) is 13.5. The molecule has 4 rings (SSSR count). The standard InChI is InChI=1S/C22H23FN4O/c23-16-5-7-17(8-6-16)27-21(28)22(10-1-11-22)15-4-9-20(26-13-15)19(25)12-18(24)14-2-3-14/h4-9,12-14,25H,1-3,10-11,24H2,(H,27,28). The number of hydrogen-bond acceptors (Lipinski definition) is 4. The fraction of sp³-hybridized carbons (Fsp3) is 0.318. The molecule has 2 aliphatic rings. The van der Waals surface area contributed by atoms with Crippen LogP contribution in [0.4, 0.5) is 10.1 Å². The van der Waals surface area contributed by atoms with E-state index in [1.54, 1.807) is 30.5 Å². The summed E-state index contributed by atoms with van der Waals surface area (Å²) in [6, 6.07) is 9.41. The number of rotatable bonds is 6. The SMILES string of the molecule is N=C(C=C(N)C1CC1)c1ccc(C2(C(=O)Nc3ccc(F)cc3)CCC2)cn1. The Morgan fingerprint density at radius 1 is 1.21 bits per heavy atom. The Labute approximate surface area is 163 Å². The molecule has 2 aliphatic carbocycles. The van der Waals surface area contributed by atoms with Crippen LogP contribution in [-0.4, -0.2) is 16.6 Å². The lowest BCUT2D eigenvalue weighted by molar-refractivity contribution is -0.124. The second kappa shape index (κ2) is 7.19. The molecule has 0 atom stereocenters. The molecule has 0 unspecified atom stereocenters. The molecular formula is C22H23FN4O. The number of aromatic nitrogens is 1. The molecule has 6 heteroatoms. The van der Waals surface area contributed by atoms with Gasteiger partial charge in [0.2, 0.25) is 5.91 Å². The zero-order chi connectivity index (χ0) is 19.7. The average molecular weight is 378 g/mol. The van der Waals surface area contributed by atoms with Crippen molar-refractivity contribution in [1.29, 1.82) is 5.41 Å². The molecule has 1 amide bonds. The number of halogens is 1. The molecule has 0 aliphatic heterocycles. The number of hydrogen-bond donors (Lipinski definition) is 3. The maximum absolute atomic E-state index is 13.1. The van der Waals surface area contributed by atoms with E-state index in [2.05, 4.69) is 10.3 Å². The molecule has 0 radical (unpaired) electrons. The summed E-state index contributed by atoms with van der Waals surface area (Å²) in [6.07, 6.45) is 8.00. The minimum atomic E-state index is -0.620. The molecule has 0 spiro atoms. The molecule has 5 nitrogen and oxygen atoms in total. The van der Waals surface area contributed by atoms with Gasteiger partial charge >= 0.3 is 0 Å². The molecule has 0 saturated heterocycles. The third-order valence-corrected chi connectivity index (χ3v) is 5.70. The zero-order valence-electron chi connectivity index (χ0n) is 15.5. The topological polar surface area (TPSA) is 91.9 Å². The molecular weight excluding hydrogens is 355 g/mol. The molecule has 1 heterocycles. The van der Waals surface area contributed by atoms with Crippen LogP contribution in [-0.2, 0) is 10.2 Å². The van der Waals surface area contributed by atoms with Crippen molar-refractivity contribution in [3.8, 4) is 0 Å². The van der Waals surface area contributed by atoms with Crippen molar-refractivity contribution in [3.05, 3.63) is 71.4 Å². The van der Waals surface area contributed by atoms with Gasteiger partial charge in [0, 0.05) is 17.6 Å². The minimum absolute atomic E-state index is 0.104. The van der Waals surface area contributed by atoms with Crippen LogP contribution in [0, 0.1) is 17.1 Å². The van der Waals surface area contributed by atoms with Gasteiger partial charge in [-0.05, 0) is 73.6 Å². The van der Waals surface area contributed by atoms with E-state index in [0.29, 0.717) is 17.3 Å². The van der Waals surface area contributed by atoms with E-state index in [1.165, 1.54) is 12.1 Å². The van der Waals surface area contributed by atoms with Gasteiger partial charge in [-0.1, -0.05) is 12.5 Å². The fourth-order valence-corrected chi connectivity index (χ4v) is 3.57. The molecule has 28 heavy (non-hydrogen) atoms. The van der Waals surface area contributed by atoms with Gasteiger partial charge in [0.15, 0.2) is 0 Å². The van der Waals surface area contributed by atoms with E-state index >= 15 is 0 Å². The second-order valence-electron chi connectivity index (χ2n) is 7.66. The van der Waals surface area contributed by atoms with Gasteiger partial charge in [-0.2, -0.15) is 0 Å². The van der Waals surface area contributed by atoms with E-state index in [9.17, 15) is 9.18 Å². The Kier molecular flexibility index (Phi) is 4.71. The van der Waals surface area contributed by atoms with Gasteiger partial charge in [-0.25, -0.2) is 4.39 Å². The van der Waals surface area contributed by atoms with Crippen LogP contribution in [0.3, 0.4) is 0 Å². The van der Waals surface area contributed by atoms with E-state index in [-0.39, 0.29) is 17.4 Å². The van der Waals surface area contributed by atoms with Crippen LogP contribution >= 0.6 is 0 Å². The number of nitrogens with one attached hydrogen (secondary N) is 2. The highest BCUT2D eigenvalue weighted by Gasteiger charge is 2.46. The van der Waals surface area contributed by atoms with E-state index < -0.39 is 5.41 Å². The summed E-state index contributed by atoms with van der Waals surface area (Å²) in [5.74, 6) is -0.0316. The lowest BCUT2D eigenvalue weighted by Gasteiger charge is -2.40. The van der Waals surface area contributed by atoms with Crippen molar-refractivity contribution in [2.24, 2.45) is 11.7 Å². The molecule has 4 N–H and O–H groups in total. The minimum Gasteiger partial charge on any atom is -0.402 e. The number of carbonyl (C=O) groups excluding carboxylic acids is 1. The Bertz CT molecular complexity index is 926. The Morgan fingerprint density at radius 2 is 1.93 bits per heavy atom. The smallest absolute Gasteiger partial charge is 0.235 e. The third kappa shape index (κ3) is 3.54. The van der Waals surface area contributed by atoms with Crippen LogP contribution in [0.2, 0.25) is 0 Å². The molecule has 2 aromatic rings.